The van der Waals surface area contributed by atoms with Gasteiger partial charge in [0.25, 0.3) is 0 Å². The summed E-state index contributed by atoms with van der Waals surface area (Å²) >= 11 is 0. The highest BCUT2D eigenvalue weighted by Crippen LogP contribution is 2.46. The first-order valence-corrected chi connectivity index (χ1v) is 6.64. The predicted molar refractivity (Wildman–Crippen MR) is 65.3 cm³/mol. The Hall–Kier alpha value is -1.06. The fourth-order valence-corrected chi connectivity index (χ4v) is 1.88. The predicted octanol–water partition coefficient (Wildman–Crippen LogP) is 1.21. The zero-order valence-corrected chi connectivity index (χ0v) is 10.7. The number of amides is 2. The van der Waals surface area contributed by atoms with Gasteiger partial charge in [-0.15, -0.1) is 0 Å². The van der Waals surface area contributed by atoms with Crippen LogP contribution in [0.3, 0.4) is 0 Å². The van der Waals surface area contributed by atoms with Gasteiger partial charge < -0.3 is 10.6 Å². The molecule has 4 nitrogen and oxygen atoms in total. The Kier molecular flexibility index (Phi) is 3.40. The second kappa shape index (κ2) is 4.67. The molecule has 17 heavy (non-hydrogen) atoms. The molecule has 2 aliphatic rings. The topological polar surface area (TPSA) is 58.2 Å². The van der Waals surface area contributed by atoms with Gasteiger partial charge in [-0.25, -0.2) is 0 Å². The van der Waals surface area contributed by atoms with E-state index in [1.165, 1.54) is 0 Å². The number of carbonyl (C=O) groups excluding carboxylic acids is 2. The van der Waals surface area contributed by atoms with Gasteiger partial charge in [0.05, 0.1) is 0 Å². The van der Waals surface area contributed by atoms with Crippen molar-refractivity contribution in [2.24, 2.45) is 11.3 Å². The van der Waals surface area contributed by atoms with Gasteiger partial charge in [-0.1, -0.05) is 13.8 Å². The van der Waals surface area contributed by atoms with E-state index in [0.717, 1.165) is 19.3 Å². The van der Waals surface area contributed by atoms with Crippen molar-refractivity contribution < 1.29 is 9.59 Å². The molecule has 0 aromatic rings. The molecule has 0 bridgehead atoms. The Balaban J connectivity index is 1.78. The van der Waals surface area contributed by atoms with Gasteiger partial charge in [-0.05, 0) is 38.0 Å². The normalized spacial score (nSPS) is 21.1. The van der Waals surface area contributed by atoms with Crippen LogP contribution in [-0.2, 0) is 9.59 Å². The van der Waals surface area contributed by atoms with E-state index in [-0.39, 0.29) is 11.8 Å². The number of carbonyl (C=O) groups is 2. The maximum Gasteiger partial charge on any atom is 0.235 e. The molecule has 2 aliphatic carbocycles. The van der Waals surface area contributed by atoms with Gasteiger partial charge in [0.1, 0.15) is 5.41 Å². The zero-order chi connectivity index (χ0) is 12.5. The lowest BCUT2D eigenvalue weighted by Gasteiger charge is -2.15. The van der Waals surface area contributed by atoms with Crippen LogP contribution in [0, 0.1) is 11.3 Å². The van der Waals surface area contributed by atoms with Gasteiger partial charge in [0.15, 0.2) is 0 Å². The minimum Gasteiger partial charge on any atom is -0.355 e. The molecule has 0 unspecified atom stereocenters. The molecule has 0 spiro atoms. The summed E-state index contributed by atoms with van der Waals surface area (Å²) in [5, 5.41) is 5.83. The molecule has 0 atom stereocenters. The maximum atomic E-state index is 12.0. The van der Waals surface area contributed by atoms with Gasteiger partial charge in [0, 0.05) is 12.6 Å². The van der Waals surface area contributed by atoms with Gasteiger partial charge >= 0.3 is 0 Å². The third-order valence-electron chi connectivity index (χ3n) is 3.54. The highest BCUT2D eigenvalue weighted by Gasteiger charge is 2.56. The van der Waals surface area contributed by atoms with Gasteiger partial charge in [-0.3, -0.25) is 9.59 Å². The number of rotatable bonds is 6. The Labute approximate surface area is 103 Å². The Morgan fingerprint density at radius 1 is 1.24 bits per heavy atom. The summed E-state index contributed by atoms with van der Waals surface area (Å²) in [6.07, 6.45) is 4.51. The maximum absolute atomic E-state index is 12.0. The molecule has 2 saturated carbocycles. The second-order valence-electron chi connectivity index (χ2n) is 5.77. The molecule has 2 rings (SSSR count). The smallest absolute Gasteiger partial charge is 0.235 e. The van der Waals surface area contributed by atoms with Crippen molar-refractivity contribution in [3.63, 3.8) is 0 Å². The first kappa shape index (κ1) is 12.4. The zero-order valence-electron chi connectivity index (χ0n) is 10.7. The SMILES string of the molecule is CC(C)CCNC(=O)C1(C(=O)NC2CC2)CC1. The van der Waals surface area contributed by atoms with E-state index in [4.69, 9.17) is 0 Å². The summed E-state index contributed by atoms with van der Waals surface area (Å²) in [4.78, 5) is 23.9. The minimum atomic E-state index is -0.723. The van der Waals surface area contributed by atoms with Crippen molar-refractivity contribution in [1.29, 1.82) is 0 Å². The summed E-state index contributed by atoms with van der Waals surface area (Å²) in [6, 6.07) is 0.337. The average Bonchev–Trinajstić information content (AvgIpc) is 3.12. The Bertz CT molecular complexity index is 317. The first-order valence-electron chi connectivity index (χ1n) is 6.64. The van der Waals surface area contributed by atoms with E-state index in [0.29, 0.717) is 31.3 Å². The lowest BCUT2D eigenvalue weighted by Crippen LogP contribution is -2.44. The number of nitrogens with one attached hydrogen (secondary N) is 2. The number of hydrogen-bond acceptors (Lipinski definition) is 2. The Morgan fingerprint density at radius 3 is 2.35 bits per heavy atom. The van der Waals surface area contributed by atoms with E-state index in [1.54, 1.807) is 0 Å². The van der Waals surface area contributed by atoms with Crippen LogP contribution in [0.25, 0.3) is 0 Å². The summed E-state index contributed by atoms with van der Waals surface area (Å²) in [5.74, 6) is 0.448. The highest BCUT2D eigenvalue weighted by molar-refractivity contribution is 6.08. The fraction of sp³-hybridized carbons (Fsp3) is 0.846. The van der Waals surface area contributed by atoms with Crippen molar-refractivity contribution in [3.8, 4) is 0 Å². The van der Waals surface area contributed by atoms with E-state index >= 15 is 0 Å². The van der Waals surface area contributed by atoms with Crippen LogP contribution >= 0.6 is 0 Å². The van der Waals surface area contributed by atoms with Gasteiger partial charge in [-0.2, -0.15) is 0 Å². The molecular formula is C13H22N2O2. The molecule has 0 saturated heterocycles. The van der Waals surface area contributed by atoms with Gasteiger partial charge in [0.2, 0.25) is 11.8 Å². The van der Waals surface area contributed by atoms with Crippen LogP contribution in [0.1, 0.15) is 46.0 Å². The molecular weight excluding hydrogens is 216 g/mol. The number of hydrogen-bond donors (Lipinski definition) is 2. The molecule has 2 N–H and O–H groups in total. The molecule has 2 amide bonds. The average molecular weight is 238 g/mol. The molecule has 2 fully saturated rings. The van der Waals surface area contributed by atoms with Crippen molar-refractivity contribution in [2.75, 3.05) is 6.54 Å². The highest BCUT2D eigenvalue weighted by atomic mass is 16.2. The van der Waals surface area contributed by atoms with Crippen LogP contribution < -0.4 is 10.6 Å². The molecule has 0 radical (unpaired) electrons. The van der Waals surface area contributed by atoms with Crippen LogP contribution in [-0.4, -0.2) is 24.4 Å². The summed E-state index contributed by atoms with van der Waals surface area (Å²) in [7, 11) is 0. The summed E-state index contributed by atoms with van der Waals surface area (Å²) < 4.78 is 0. The summed E-state index contributed by atoms with van der Waals surface area (Å²) in [6.45, 7) is 4.92. The van der Waals surface area contributed by atoms with Crippen molar-refractivity contribution in [1.82, 2.24) is 10.6 Å². The molecule has 96 valence electrons. The summed E-state index contributed by atoms with van der Waals surface area (Å²) in [5.41, 5.74) is -0.723. The van der Waals surface area contributed by atoms with E-state index in [1.807, 2.05) is 0 Å². The molecule has 0 aliphatic heterocycles. The van der Waals surface area contributed by atoms with E-state index in [2.05, 4.69) is 24.5 Å². The third-order valence-corrected chi connectivity index (χ3v) is 3.54. The van der Waals surface area contributed by atoms with Crippen molar-refractivity contribution in [3.05, 3.63) is 0 Å². The monoisotopic (exact) mass is 238 g/mol. The van der Waals surface area contributed by atoms with Crippen molar-refractivity contribution >= 4 is 11.8 Å². The third kappa shape index (κ3) is 2.99. The van der Waals surface area contributed by atoms with Crippen LogP contribution in [0.4, 0.5) is 0 Å². The molecule has 0 aromatic carbocycles. The molecule has 4 heteroatoms. The van der Waals surface area contributed by atoms with Crippen LogP contribution in [0.5, 0.6) is 0 Å². The lowest BCUT2D eigenvalue weighted by molar-refractivity contribution is -0.137. The van der Waals surface area contributed by atoms with Crippen LogP contribution in [0.2, 0.25) is 0 Å². The lowest BCUT2D eigenvalue weighted by atomic mass is 10.0. The largest absolute Gasteiger partial charge is 0.355 e. The molecule has 0 heterocycles. The van der Waals surface area contributed by atoms with Crippen molar-refractivity contribution in [2.45, 2.75) is 52.0 Å². The second-order valence-corrected chi connectivity index (χ2v) is 5.77. The van der Waals surface area contributed by atoms with E-state index in [9.17, 15) is 9.59 Å². The van der Waals surface area contributed by atoms with E-state index < -0.39 is 5.41 Å². The quantitative estimate of drug-likeness (QED) is 0.683. The Morgan fingerprint density at radius 2 is 1.88 bits per heavy atom. The standard InChI is InChI=1S/C13H22N2O2/c1-9(2)5-8-14-11(16)13(6-7-13)12(17)15-10-3-4-10/h9-10H,3-8H2,1-2H3,(H,14,16)(H,15,17). The minimum absolute atomic E-state index is 0.0537. The fourth-order valence-electron chi connectivity index (χ4n) is 1.88. The first-order chi connectivity index (χ1) is 8.04. The van der Waals surface area contributed by atoms with Crippen LogP contribution in [0.15, 0.2) is 0 Å². The molecule has 0 aromatic heterocycles.